The molecule has 37 heavy (non-hydrogen) atoms. The molecule has 0 amide bonds. The summed E-state index contributed by atoms with van der Waals surface area (Å²) in [5.41, 5.74) is 1.83. The third-order valence-electron chi connectivity index (χ3n) is 6.67. The summed E-state index contributed by atoms with van der Waals surface area (Å²) in [5, 5.41) is 12.7. The Labute approximate surface area is 214 Å². The standard InChI is InChI=1S/C27H30F3N3O4/c1-2-35-26(34)20(14-31)13-18-3-7-21(8-4-18)36-12-11-32-25-23-16-33(17-24(23)25)15-19-5-9-22(10-6-19)37-27(28,29)30/h3-10,20,23-25,32H,2,11-13,15-17H2,1H3/t20?,23-,24+,25?. The highest BCUT2D eigenvalue weighted by Crippen LogP contribution is 2.45. The van der Waals surface area contributed by atoms with Crippen LogP contribution in [0.3, 0.4) is 0 Å². The molecule has 2 aromatic carbocycles. The van der Waals surface area contributed by atoms with E-state index < -0.39 is 18.2 Å². The molecule has 7 nitrogen and oxygen atoms in total. The molecule has 1 heterocycles. The van der Waals surface area contributed by atoms with Crippen molar-refractivity contribution in [3.05, 3.63) is 59.7 Å². The van der Waals surface area contributed by atoms with Crippen molar-refractivity contribution in [2.75, 3.05) is 32.8 Å². The summed E-state index contributed by atoms with van der Waals surface area (Å²) in [4.78, 5) is 14.1. The van der Waals surface area contributed by atoms with Gasteiger partial charge in [0.25, 0.3) is 0 Å². The van der Waals surface area contributed by atoms with Crippen LogP contribution in [-0.4, -0.2) is 56.1 Å². The van der Waals surface area contributed by atoms with Crippen molar-refractivity contribution in [1.82, 2.24) is 10.2 Å². The second kappa shape index (κ2) is 11.8. The van der Waals surface area contributed by atoms with Crippen LogP contribution in [-0.2, 0) is 22.5 Å². The number of nitriles is 1. The Balaban J connectivity index is 1.11. The van der Waals surface area contributed by atoms with Gasteiger partial charge in [-0.3, -0.25) is 9.69 Å². The number of nitrogens with one attached hydrogen (secondary N) is 1. The highest BCUT2D eigenvalue weighted by atomic mass is 19.4. The minimum Gasteiger partial charge on any atom is -0.492 e. The zero-order chi connectivity index (χ0) is 26.4. The van der Waals surface area contributed by atoms with E-state index in [0.717, 1.165) is 36.5 Å². The minimum atomic E-state index is -4.68. The first-order valence-electron chi connectivity index (χ1n) is 12.3. The molecule has 198 valence electrons. The number of ether oxygens (including phenoxy) is 3. The Morgan fingerprint density at radius 1 is 1.08 bits per heavy atom. The maximum Gasteiger partial charge on any atom is 0.573 e. The molecule has 1 aliphatic heterocycles. The number of fused-ring (bicyclic) bond motifs is 1. The van der Waals surface area contributed by atoms with E-state index in [1.54, 1.807) is 19.1 Å². The predicted octanol–water partition coefficient (Wildman–Crippen LogP) is 3.93. The molecule has 1 aliphatic carbocycles. The molecule has 1 N–H and O–H groups in total. The number of piperidine rings is 1. The van der Waals surface area contributed by atoms with E-state index in [1.165, 1.54) is 12.1 Å². The van der Waals surface area contributed by atoms with E-state index in [1.807, 2.05) is 30.3 Å². The number of halogens is 3. The van der Waals surface area contributed by atoms with Gasteiger partial charge in [-0.2, -0.15) is 5.26 Å². The lowest BCUT2D eigenvalue weighted by atomic mass is 10.0. The number of benzene rings is 2. The van der Waals surface area contributed by atoms with Crippen molar-refractivity contribution in [1.29, 1.82) is 5.26 Å². The minimum absolute atomic E-state index is 0.204. The number of rotatable bonds is 12. The van der Waals surface area contributed by atoms with Gasteiger partial charge in [0.05, 0.1) is 12.7 Å². The van der Waals surface area contributed by atoms with Gasteiger partial charge in [-0.25, -0.2) is 0 Å². The van der Waals surface area contributed by atoms with Gasteiger partial charge in [-0.1, -0.05) is 24.3 Å². The van der Waals surface area contributed by atoms with Crippen LogP contribution in [0.4, 0.5) is 13.2 Å². The Morgan fingerprint density at radius 2 is 1.70 bits per heavy atom. The molecule has 2 unspecified atom stereocenters. The molecule has 0 aromatic heterocycles. The first-order chi connectivity index (χ1) is 17.8. The van der Waals surface area contributed by atoms with Crippen molar-refractivity contribution >= 4 is 5.97 Å². The summed E-state index contributed by atoms with van der Waals surface area (Å²) < 4.78 is 51.5. The van der Waals surface area contributed by atoms with Crippen molar-refractivity contribution in [3.63, 3.8) is 0 Å². The van der Waals surface area contributed by atoms with E-state index in [4.69, 9.17) is 9.47 Å². The van der Waals surface area contributed by atoms with E-state index in [2.05, 4.69) is 15.0 Å². The van der Waals surface area contributed by atoms with Gasteiger partial charge in [0.2, 0.25) is 0 Å². The lowest BCUT2D eigenvalue weighted by Crippen LogP contribution is -2.33. The lowest BCUT2D eigenvalue weighted by Gasteiger charge is -2.20. The van der Waals surface area contributed by atoms with E-state index in [-0.39, 0.29) is 12.4 Å². The normalized spacial score (nSPS) is 21.5. The van der Waals surface area contributed by atoms with E-state index in [9.17, 15) is 23.2 Å². The highest BCUT2D eigenvalue weighted by Gasteiger charge is 2.55. The quantitative estimate of drug-likeness (QED) is 0.337. The van der Waals surface area contributed by atoms with Crippen molar-refractivity contribution in [2.45, 2.75) is 32.3 Å². The maximum atomic E-state index is 12.3. The molecule has 2 aromatic rings. The van der Waals surface area contributed by atoms with Gasteiger partial charge in [-0.15, -0.1) is 13.2 Å². The van der Waals surface area contributed by atoms with Gasteiger partial charge in [-0.05, 0) is 60.6 Å². The number of carbonyl (C=O) groups excluding carboxylic acids is 1. The van der Waals surface area contributed by atoms with Crippen LogP contribution in [0.5, 0.6) is 11.5 Å². The number of esters is 1. The zero-order valence-electron chi connectivity index (χ0n) is 20.5. The summed E-state index contributed by atoms with van der Waals surface area (Å²) in [5.74, 6) is 0.369. The first-order valence-corrected chi connectivity index (χ1v) is 12.3. The fraction of sp³-hybridized carbons (Fsp3) is 0.481. The van der Waals surface area contributed by atoms with Crippen LogP contribution in [0.25, 0.3) is 0 Å². The fourth-order valence-corrected chi connectivity index (χ4v) is 4.88. The smallest absolute Gasteiger partial charge is 0.492 e. The number of hydrogen-bond donors (Lipinski definition) is 1. The molecule has 2 aliphatic rings. The number of hydrogen-bond acceptors (Lipinski definition) is 7. The summed E-state index contributed by atoms with van der Waals surface area (Å²) in [6, 6.07) is 15.9. The second-order valence-electron chi connectivity index (χ2n) is 9.32. The number of alkyl halides is 3. The molecular formula is C27H30F3N3O4. The topological polar surface area (TPSA) is 83.8 Å². The van der Waals surface area contributed by atoms with Gasteiger partial charge in [0.15, 0.2) is 0 Å². The first kappa shape index (κ1) is 26.8. The maximum absolute atomic E-state index is 12.3. The van der Waals surface area contributed by atoms with Gasteiger partial charge < -0.3 is 19.5 Å². The van der Waals surface area contributed by atoms with Crippen molar-refractivity contribution < 1.29 is 32.2 Å². The number of likely N-dealkylation sites (tertiary alicyclic amines) is 1. The van der Waals surface area contributed by atoms with Gasteiger partial charge in [0.1, 0.15) is 24.0 Å². The Morgan fingerprint density at radius 3 is 2.30 bits per heavy atom. The second-order valence-corrected chi connectivity index (χ2v) is 9.32. The fourth-order valence-electron chi connectivity index (χ4n) is 4.88. The van der Waals surface area contributed by atoms with Crippen LogP contribution in [0.2, 0.25) is 0 Å². The summed E-state index contributed by atoms with van der Waals surface area (Å²) in [7, 11) is 0. The Kier molecular flexibility index (Phi) is 8.56. The predicted molar refractivity (Wildman–Crippen MR) is 129 cm³/mol. The SMILES string of the molecule is CCOC(=O)C(C#N)Cc1ccc(OCCNC2[C@H]3CN(Cc4ccc(OC(F)(F)F)cc4)C[C@@H]23)cc1. The molecule has 10 heteroatoms. The Bertz CT molecular complexity index is 1070. The molecule has 1 saturated carbocycles. The van der Waals surface area contributed by atoms with Crippen LogP contribution in [0.15, 0.2) is 48.5 Å². The summed E-state index contributed by atoms with van der Waals surface area (Å²) >= 11 is 0. The number of nitrogens with zero attached hydrogens (tertiary/aromatic N) is 2. The van der Waals surface area contributed by atoms with Gasteiger partial charge >= 0.3 is 12.3 Å². The van der Waals surface area contributed by atoms with Crippen LogP contribution < -0.4 is 14.8 Å². The third kappa shape index (κ3) is 7.60. The van der Waals surface area contributed by atoms with Crippen LogP contribution >= 0.6 is 0 Å². The molecular weight excluding hydrogens is 487 g/mol. The molecule has 0 spiro atoms. The third-order valence-corrected chi connectivity index (χ3v) is 6.67. The van der Waals surface area contributed by atoms with E-state index >= 15 is 0 Å². The van der Waals surface area contributed by atoms with E-state index in [0.29, 0.717) is 37.5 Å². The molecule has 4 rings (SSSR count). The highest BCUT2D eigenvalue weighted by molar-refractivity contribution is 5.75. The van der Waals surface area contributed by atoms with Gasteiger partial charge in [0, 0.05) is 32.2 Å². The molecule has 0 radical (unpaired) electrons. The molecule has 4 atom stereocenters. The Hall–Kier alpha value is -3.29. The summed E-state index contributed by atoms with van der Waals surface area (Å²) in [6.07, 6.45) is -4.37. The monoisotopic (exact) mass is 517 g/mol. The van der Waals surface area contributed by atoms with Crippen LogP contribution in [0, 0.1) is 29.1 Å². The van der Waals surface area contributed by atoms with Crippen molar-refractivity contribution in [3.8, 4) is 17.6 Å². The summed E-state index contributed by atoms with van der Waals surface area (Å²) in [6.45, 7) is 5.83. The molecule has 1 saturated heterocycles. The largest absolute Gasteiger partial charge is 0.573 e. The van der Waals surface area contributed by atoms with Crippen LogP contribution in [0.1, 0.15) is 18.1 Å². The lowest BCUT2D eigenvalue weighted by molar-refractivity contribution is -0.274. The zero-order valence-corrected chi connectivity index (χ0v) is 20.5. The average molecular weight is 518 g/mol. The van der Waals surface area contributed by atoms with Crippen molar-refractivity contribution in [2.24, 2.45) is 17.8 Å². The average Bonchev–Trinajstić information content (AvgIpc) is 3.31. The molecule has 2 fully saturated rings. The number of carbonyl (C=O) groups is 1. The molecule has 0 bridgehead atoms.